The van der Waals surface area contributed by atoms with Gasteiger partial charge in [-0.15, -0.1) is 0 Å². The van der Waals surface area contributed by atoms with Gasteiger partial charge in [0, 0.05) is 18.7 Å². The van der Waals surface area contributed by atoms with Crippen LogP contribution < -0.4 is 9.47 Å². The minimum Gasteiger partial charge on any atom is -0.493 e. The lowest BCUT2D eigenvalue weighted by Gasteiger charge is -2.63. The molecule has 4 aliphatic rings. The number of rotatable bonds is 2. The van der Waals surface area contributed by atoms with Crippen LogP contribution >= 0.6 is 0 Å². The van der Waals surface area contributed by atoms with Crippen molar-refractivity contribution in [2.24, 2.45) is 0 Å². The van der Waals surface area contributed by atoms with Crippen LogP contribution in [0.25, 0.3) is 0 Å². The van der Waals surface area contributed by atoms with Crippen molar-refractivity contribution in [2.75, 3.05) is 27.8 Å². The Balaban J connectivity index is 1.88. The minimum absolute atomic E-state index is 0.278. The molecule has 5 heteroatoms. The SMILES string of the molecule is COc1ccc2c3c1O[C@H]1C(C#N)=CC[C@@]4(OC)[C@@H](C2)N(C)CC[C@]314. The van der Waals surface area contributed by atoms with Crippen LogP contribution in [0, 0.1) is 11.3 Å². The van der Waals surface area contributed by atoms with Gasteiger partial charge in [-0.2, -0.15) is 5.26 Å². The van der Waals surface area contributed by atoms with Gasteiger partial charge in [0.15, 0.2) is 11.5 Å². The maximum Gasteiger partial charge on any atom is 0.166 e. The molecule has 5 rings (SSSR count). The van der Waals surface area contributed by atoms with E-state index in [1.807, 2.05) is 19.3 Å². The van der Waals surface area contributed by atoms with E-state index >= 15 is 0 Å². The molecule has 0 aromatic heterocycles. The molecule has 2 heterocycles. The van der Waals surface area contributed by atoms with Crippen LogP contribution in [0.1, 0.15) is 24.0 Å². The molecule has 1 fully saturated rings. The molecular formula is C20H22N2O3. The van der Waals surface area contributed by atoms with Gasteiger partial charge in [-0.1, -0.05) is 12.1 Å². The molecule has 2 bridgehead atoms. The zero-order chi connectivity index (χ0) is 17.4. The van der Waals surface area contributed by atoms with E-state index in [0.29, 0.717) is 0 Å². The second-order valence-corrected chi connectivity index (χ2v) is 7.62. The third-order valence-electron chi connectivity index (χ3n) is 7.06. The third kappa shape index (κ3) is 1.48. The van der Waals surface area contributed by atoms with Gasteiger partial charge >= 0.3 is 0 Å². The fraction of sp³-hybridized carbons (Fsp3) is 0.550. The number of piperidine rings is 1. The Morgan fingerprint density at radius 3 is 2.92 bits per heavy atom. The Bertz CT molecular complexity index is 842. The maximum absolute atomic E-state index is 9.74. The molecular weight excluding hydrogens is 316 g/mol. The highest BCUT2D eigenvalue weighted by atomic mass is 16.5. The first-order valence-electron chi connectivity index (χ1n) is 8.85. The summed E-state index contributed by atoms with van der Waals surface area (Å²) in [6, 6.07) is 6.83. The first kappa shape index (κ1) is 15.2. The largest absolute Gasteiger partial charge is 0.493 e. The molecule has 1 spiro atoms. The van der Waals surface area contributed by atoms with E-state index in [0.717, 1.165) is 42.9 Å². The Morgan fingerprint density at radius 1 is 1.36 bits per heavy atom. The van der Waals surface area contributed by atoms with Crippen LogP contribution in [0.4, 0.5) is 0 Å². The monoisotopic (exact) mass is 338 g/mol. The van der Waals surface area contributed by atoms with Gasteiger partial charge in [0.25, 0.3) is 0 Å². The van der Waals surface area contributed by atoms with E-state index in [1.165, 1.54) is 11.1 Å². The summed E-state index contributed by atoms with van der Waals surface area (Å²) >= 11 is 0. The van der Waals surface area contributed by atoms with Gasteiger partial charge < -0.3 is 19.1 Å². The zero-order valence-electron chi connectivity index (χ0n) is 14.8. The highest BCUT2D eigenvalue weighted by Gasteiger charge is 2.72. The van der Waals surface area contributed by atoms with E-state index in [9.17, 15) is 5.26 Å². The first-order valence-corrected chi connectivity index (χ1v) is 8.85. The van der Waals surface area contributed by atoms with Crippen LogP contribution in [0.2, 0.25) is 0 Å². The molecule has 1 saturated heterocycles. The number of hydrogen-bond donors (Lipinski definition) is 0. The topological polar surface area (TPSA) is 54.7 Å². The summed E-state index contributed by atoms with van der Waals surface area (Å²) in [4.78, 5) is 2.42. The van der Waals surface area contributed by atoms with E-state index in [2.05, 4.69) is 24.1 Å². The molecule has 0 saturated carbocycles. The van der Waals surface area contributed by atoms with Crippen molar-refractivity contribution in [1.82, 2.24) is 4.90 Å². The highest BCUT2D eigenvalue weighted by molar-refractivity contribution is 5.65. The molecule has 130 valence electrons. The summed E-state index contributed by atoms with van der Waals surface area (Å²) in [6.07, 6.45) is 4.35. The lowest BCUT2D eigenvalue weighted by Crippen LogP contribution is -2.75. The summed E-state index contributed by atoms with van der Waals surface area (Å²) in [5, 5.41) is 9.74. The van der Waals surface area contributed by atoms with Gasteiger partial charge in [-0.3, -0.25) is 0 Å². The van der Waals surface area contributed by atoms with Gasteiger partial charge in [0.2, 0.25) is 0 Å². The standard InChI is InChI=1S/C20H22N2O3/c1-22-9-8-19-16-12-4-5-14(23-2)17(16)25-18(19)13(11-21)6-7-20(19,24-3)15(22)10-12/h4-6,15,18H,7-10H2,1-3H3/t15-,18+,19+,20-/m1/s1. The summed E-state index contributed by atoms with van der Waals surface area (Å²) in [5.74, 6) is 1.57. The van der Waals surface area contributed by atoms with Crippen molar-refractivity contribution in [3.05, 3.63) is 34.9 Å². The van der Waals surface area contributed by atoms with Crippen molar-refractivity contribution < 1.29 is 14.2 Å². The molecule has 0 amide bonds. The zero-order valence-corrected chi connectivity index (χ0v) is 14.8. The fourth-order valence-corrected chi connectivity index (χ4v) is 6.00. The van der Waals surface area contributed by atoms with Gasteiger partial charge in [-0.05, 0) is 44.5 Å². The van der Waals surface area contributed by atoms with Gasteiger partial charge in [0.1, 0.15) is 11.7 Å². The summed E-state index contributed by atoms with van der Waals surface area (Å²) in [6.45, 7) is 0.977. The Morgan fingerprint density at radius 2 is 2.20 bits per heavy atom. The van der Waals surface area contributed by atoms with Gasteiger partial charge in [0.05, 0.1) is 24.2 Å². The van der Waals surface area contributed by atoms with E-state index in [-0.39, 0.29) is 23.2 Å². The molecule has 25 heavy (non-hydrogen) atoms. The normalized spacial score (nSPS) is 37.6. The van der Waals surface area contributed by atoms with E-state index < -0.39 is 0 Å². The molecule has 2 aliphatic heterocycles. The molecule has 5 nitrogen and oxygen atoms in total. The smallest absolute Gasteiger partial charge is 0.166 e. The molecule has 0 unspecified atom stereocenters. The van der Waals surface area contributed by atoms with Crippen molar-refractivity contribution in [3.8, 4) is 17.6 Å². The second-order valence-electron chi connectivity index (χ2n) is 7.62. The van der Waals surface area contributed by atoms with Crippen LogP contribution in [0.5, 0.6) is 11.5 Å². The lowest BCUT2D eigenvalue weighted by molar-refractivity contribution is -0.176. The van der Waals surface area contributed by atoms with Crippen molar-refractivity contribution >= 4 is 0 Å². The third-order valence-corrected chi connectivity index (χ3v) is 7.06. The van der Waals surface area contributed by atoms with Crippen LogP contribution in [0.15, 0.2) is 23.8 Å². The van der Waals surface area contributed by atoms with Crippen LogP contribution in [-0.4, -0.2) is 50.5 Å². The predicted octanol–water partition coefficient (Wildman–Crippen LogP) is 2.19. The molecule has 1 aromatic rings. The molecule has 4 atom stereocenters. The second kappa shape index (κ2) is 4.78. The van der Waals surface area contributed by atoms with Crippen molar-refractivity contribution in [2.45, 2.75) is 42.4 Å². The number of nitrogens with zero attached hydrogens (tertiary/aromatic N) is 2. The number of ether oxygens (including phenoxy) is 3. The van der Waals surface area contributed by atoms with Gasteiger partial charge in [-0.25, -0.2) is 0 Å². The highest BCUT2D eigenvalue weighted by Crippen LogP contribution is 2.66. The quantitative estimate of drug-likeness (QED) is 0.827. The number of likely N-dealkylation sites (tertiary alicyclic amines) is 1. The Hall–Kier alpha value is -2.03. The average Bonchev–Trinajstić information content (AvgIpc) is 2.99. The average molecular weight is 338 g/mol. The summed E-state index contributed by atoms with van der Waals surface area (Å²) < 4.78 is 18.4. The molecule has 0 radical (unpaired) electrons. The number of nitriles is 1. The number of hydrogen-bond acceptors (Lipinski definition) is 5. The summed E-state index contributed by atoms with van der Waals surface area (Å²) in [7, 11) is 5.67. The van der Waals surface area contributed by atoms with Crippen LogP contribution in [-0.2, 0) is 16.6 Å². The van der Waals surface area contributed by atoms with E-state index in [1.54, 1.807) is 7.11 Å². The van der Waals surface area contributed by atoms with Crippen LogP contribution in [0.3, 0.4) is 0 Å². The Labute approximate surface area is 147 Å². The predicted molar refractivity (Wildman–Crippen MR) is 91.9 cm³/mol. The number of methoxy groups -OCH3 is 2. The summed E-state index contributed by atoms with van der Waals surface area (Å²) in [5.41, 5.74) is 2.58. The number of benzene rings is 1. The fourth-order valence-electron chi connectivity index (χ4n) is 6.00. The molecule has 0 N–H and O–H groups in total. The molecule has 1 aromatic carbocycles. The van der Waals surface area contributed by atoms with E-state index in [4.69, 9.17) is 14.2 Å². The van der Waals surface area contributed by atoms with Crippen molar-refractivity contribution in [3.63, 3.8) is 0 Å². The Kier molecular flexibility index (Phi) is 2.91. The lowest BCUT2D eigenvalue weighted by atomic mass is 9.49. The van der Waals surface area contributed by atoms with Crippen molar-refractivity contribution in [1.29, 1.82) is 5.26 Å². The number of likely N-dealkylation sites (N-methyl/N-ethyl adjacent to an activating group) is 1. The molecule has 2 aliphatic carbocycles. The minimum atomic E-state index is -0.365. The first-order chi connectivity index (χ1) is 12.1. The maximum atomic E-state index is 9.74.